The van der Waals surface area contributed by atoms with Gasteiger partial charge in [-0.25, -0.2) is 4.98 Å². The molecule has 0 aromatic carbocycles. The number of thioether (sulfide) groups is 1. The molecule has 0 unspecified atom stereocenters. The fourth-order valence-electron chi connectivity index (χ4n) is 1.34. The Kier molecular flexibility index (Phi) is 2.77. The summed E-state index contributed by atoms with van der Waals surface area (Å²) in [4.78, 5) is 8.50. The summed E-state index contributed by atoms with van der Waals surface area (Å²) < 4.78 is 5.44. The second kappa shape index (κ2) is 4.04. The van der Waals surface area contributed by atoms with Crippen LogP contribution in [0.25, 0.3) is 0 Å². The van der Waals surface area contributed by atoms with Crippen LogP contribution in [0, 0.1) is 13.8 Å². The van der Waals surface area contributed by atoms with Crippen LogP contribution in [-0.2, 0) is 6.54 Å². The second-order valence-electron chi connectivity index (χ2n) is 3.13. The van der Waals surface area contributed by atoms with E-state index >= 15 is 0 Å². The van der Waals surface area contributed by atoms with Gasteiger partial charge in [0.25, 0.3) is 0 Å². The smallest absolute Gasteiger partial charge is 0.191 e. The van der Waals surface area contributed by atoms with Crippen LogP contribution in [0.4, 0.5) is 0 Å². The Morgan fingerprint density at radius 2 is 2.36 bits per heavy atom. The van der Waals surface area contributed by atoms with E-state index in [0.29, 0.717) is 6.54 Å². The third-order valence-corrected chi connectivity index (χ3v) is 2.92. The molecule has 1 aromatic heterocycles. The summed E-state index contributed by atoms with van der Waals surface area (Å²) in [6.07, 6.45) is 0. The lowest BCUT2D eigenvalue weighted by atomic mass is 10.4. The first-order valence-corrected chi connectivity index (χ1v) is 5.58. The average Bonchev–Trinajstić information content (AvgIpc) is 2.72. The Hall–Kier alpha value is -0.970. The molecule has 0 saturated heterocycles. The topological polar surface area (TPSA) is 50.4 Å². The molecule has 0 atom stereocenters. The van der Waals surface area contributed by atoms with Crippen LogP contribution in [0.2, 0.25) is 0 Å². The monoisotopic (exact) mass is 211 g/mol. The molecule has 0 fully saturated rings. The largest absolute Gasteiger partial charge is 0.444 e. The molecule has 2 rings (SSSR count). The Bertz CT molecular complexity index is 359. The standard InChI is InChI=1S/C9H13N3OS/c1-6-8(13-7(2)12-6)5-11-9-10-3-4-14-9/h3-5H2,1-2H3,(H,10,11). The maximum Gasteiger partial charge on any atom is 0.191 e. The Morgan fingerprint density at radius 1 is 1.50 bits per heavy atom. The van der Waals surface area contributed by atoms with Gasteiger partial charge in [-0.3, -0.25) is 4.99 Å². The number of nitrogens with one attached hydrogen (secondary N) is 1. The van der Waals surface area contributed by atoms with Crippen molar-refractivity contribution in [3.05, 3.63) is 17.3 Å². The first-order chi connectivity index (χ1) is 6.75. The van der Waals surface area contributed by atoms with Crippen LogP contribution < -0.4 is 5.32 Å². The molecule has 2 heterocycles. The number of aliphatic imine (C=N–C) groups is 1. The van der Waals surface area contributed by atoms with Gasteiger partial charge in [0.15, 0.2) is 11.1 Å². The summed E-state index contributed by atoms with van der Waals surface area (Å²) in [5.41, 5.74) is 0.957. The van der Waals surface area contributed by atoms with E-state index < -0.39 is 0 Å². The molecule has 1 aromatic rings. The summed E-state index contributed by atoms with van der Waals surface area (Å²) in [5, 5.41) is 4.24. The molecule has 4 nitrogen and oxygen atoms in total. The molecular formula is C9H13N3OS. The van der Waals surface area contributed by atoms with E-state index in [1.165, 1.54) is 0 Å². The average molecular weight is 211 g/mol. The normalized spacial score (nSPS) is 15.7. The quantitative estimate of drug-likeness (QED) is 0.805. The molecule has 0 radical (unpaired) electrons. The molecular weight excluding hydrogens is 198 g/mol. The fraction of sp³-hybridized carbons (Fsp3) is 0.556. The number of hydrogen-bond acceptors (Lipinski definition) is 5. The lowest BCUT2D eigenvalue weighted by Gasteiger charge is -2.01. The summed E-state index contributed by atoms with van der Waals surface area (Å²) in [6, 6.07) is 0. The van der Waals surface area contributed by atoms with Crippen LogP contribution in [0.5, 0.6) is 0 Å². The van der Waals surface area contributed by atoms with Crippen molar-refractivity contribution < 1.29 is 4.42 Å². The molecule has 0 bridgehead atoms. The third kappa shape index (κ3) is 2.09. The van der Waals surface area contributed by atoms with Gasteiger partial charge in [0, 0.05) is 12.7 Å². The van der Waals surface area contributed by atoms with Crippen molar-refractivity contribution in [2.45, 2.75) is 20.4 Å². The molecule has 14 heavy (non-hydrogen) atoms. The summed E-state index contributed by atoms with van der Waals surface area (Å²) in [5.74, 6) is 2.70. The highest BCUT2D eigenvalue weighted by Gasteiger charge is 2.10. The highest BCUT2D eigenvalue weighted by molar-refractivity contribution is 8.14. The maximum atomic E-state index is 5.44. The Balaban J connectivity index is 1.94. The first kappa shape index (κ1) is 9.58. The van der Waals surface area contributed by atoms with Crippen molar-refractivity contribution in [3.63, 3.8) is 0 Å². The number of oxazole rings is 1. The summed E-state index contributed by atoms with van der Waals surface area (Å²) in [7, 11) is 0. The molecule has 76 valence electrons. The van der Waals surface area contributed by atoms with Gasteiger partial charge >= 0.3 is 0 Å². The Labute approximate surface area is 87.2 Å². The molecule has 1 aliphatic heterocycles. The molecule has 1 N–H and O–H groups in total. The highest BCUT2D eigenvalue weighted by Crippen LogP contribution is 2.12. The molecule has 1 aliphatic rings. The predicted octanol–water partition coefficient (Wildman–Crippen LogP) is 1.48. The van der Waals surface area contributed by atoms with Gasteiger partial charge in [-0.2, -0.15) is 0 Å². The second-order valence-corrected chi connectivity index (χ2v) is 4.21. The number of nitrogens with zero attached hydrogens (tertiary/aromatic N) is 2. The van der Waals surface area contributed by atoms with E-state index in [1.54, 1.807) is 11.8 Å². The zero-order chi connectivity index (χ0) is 9.97. The van der Waals surface area contributed by atoms with E-state index in [0.717, 1.165) is 34.8 Å². The summed E-state index contributed by atoms with van der Waals surface area (Å²) in [6.45, 7) is 5.41. The molecule has 0 spiro atoms. The van der Waals surface area contributed by atoms with Gasteiger partial charge in [0.1, 0.15) is 5.76 Å². The van der Waals surface area contributed by atoms with Crippen molar-refractivity contribution in [1.82, 2.24) is 10.3 Å². The number of hydrogen-bond donors (Lipinski definition) is 1. The van der Waals surface area contributed by atoms with Gasteiger partial charge in [0.05, 0.1) is 18.8 Å². The van der Waals surface area contributed by atoms with Gasteiger partial charge in [-0.15, -0.1) is 0 Å². The number of aromatic nitrogens is 1. The van der Waals surface area contributed by atoms with Crippen molar-refractivity contribution >= 4 is 16.9 Å². The SMILES string of the molecule is Cc1nc(C)c(CNC2=NCCS2)o1. The van der Waals surface area contributed by atoms with E-state index in [1.807, 2.05) is 13.8 Å². The van der Waals surface area contributed by atoms with Crippen LogP contribution in [0.1, 0.15) is 17.3 Å². The molecule has 0 amide bonds. The molecule has 0 saturated carbocycles. The van der Waals surface area contributed by atoms with Gasteiger partial charge in [0.2, 0.25) is 0 Å². The molecule has 0 aliphatic carbocycles. The maximum absolute atomic E-state index is 5.44. The van der Waals surface area contributed by atoms with Crippen LogP contribution in [0.15, 0.2) is 9.41 Å². The number of rotatable bonds is 2. The van der Waals surface area contributed by atoms with Crippen molar-refractivity contribution in [2.24, 2.45) is 4.99 Å². The lowest BCUT2D eigenvalue weighted by molar-refractivity contribution is 0.469. The van der Waals surface area contributed by atoms with Crippen molar-refractivity contribution in [1.29, 1.82) is 0 Å². The van der Waals surface area contributed by atoms with E-state index in [4.69, 9.17) is 4.42 Å². The van der Waals surface area contributed by atoms with E-state index in [-0.39, 0.29) is 0 Å². The summed E-state index contributed by atoms with van der Waals surface area (Å²) >= 11 is 1.75. The zero-order valence-corrected chi connectivity index (χ0v) is 9.15. The van der Waals surface area contributed by atoms with Crippen molar-refractivity contribution in [2.75, 3.05) is 12.3 Å². The highest BCUT2D eigenvalue weighted by atomic mass is 32.2. The van der Waals surface area contributed by atoms with Crippen LogP contribution in [-0.4, -0.2) is 22.4 Å². The number of amidine groups is 1. The van der Waals surface area contributed by atoms with Gasteiger partial charge in [-0.05, 0) is 6.92 Å². The minimum atomic E-state index is 0.679. The third-order valence-electron chi connectivity index (χ3n) is 1.99. The van der Waals surface area contributed by atoms with Crippen LogP contribution in [0.3, 0.4) is 0 Å². The zero-order valence-electron chi connectivity index (χ0n) is 8.33. The van der Waals surface area contributed by atoms with E-state index in [2.05, 4.69) is 15.3 Å². The minimum Gasteiger partial charge on any atom is -0.444 e. The predicted molar refractivity (Wildman–Crippen MR) is 57.6 cm³/mol. The van der Waals surface area contributed by atoms with Gasteiger partial charge in [-0.1, -0.05) is 11.8 Å². The van der Waals surface area contributed by atoms with Gasteiger partial charge < -0.3 is 9.73 Å². The number of aryl methyl sites for hydroxylation is 2. The first-order valence-electron chi connectivity index (χ1n) is 4.60. The fourth-order valence-corrected chi connectivity index (χ4v) is 2.07. The lowest BCUT2D eigenvalue weighted by Crippen LogP contribution is -2.18. The van der Waals surface area contributed by atoms with Crippen LogP contribution >= 0.6 is 11.8 Å². The van der Waals surface area contributed by atoms with E-state index in [9.17, 15) is 0 Å². The molecule has 5 heteroatoms. The van der Waals surface area contributed by atoms with Crippen molar-refractivity contribution in [3.8, 4) is 0 Å². The minimum absolute atomic E-state index is 0.679. The Morgan fingerprint density at radius 3 is 2.93 bits per heavy atom.